The minimum absolute atomic E-state index is 0.0260. The molecule has 776 valence electrons. The maximum Gasteiger partial charge on any atom is 0.313 e. The number of unbranched alkanes of at least 4 members (excludes halogenated alkanes) is 3. The number of ether oxygens (including phenoxy) is 18. The summed E-state index contributed by atoms with van der Waals surface area (Å²) in [6.07, 6.45) is -6.85. The number of benzene rings is 1. The summed E-state index contributed by atoms with van der Waals surface area (Å²) >= 11 is 0. The molecule has 0 aliphatic carbocycles. The molecule has 50 heteroatoms. The van der Waals surface area contributed by atoms with Crippen LogP contribution in [0.25, 0.3) is 0 Å². The number of nitrogens with one attached hydrogen (secondary N) is 7. The molecule has 3 saturated heterocycles. The lowest BCUT2D eigenvalue weighted by Crippen LogP contribution is -2.59. The van der Waals surface area contributed by atoms with Crippen molar-refractivity contribution in [3.63, 3.8) is 0 Å². The van der Waals surface area contributed by atoms with Gasteiger partial charge < -0.3 is 168 Å². The van der Waals surface area contributed by atoms with Crippen molar-refractivity contribution in [1.29, 1.82) is 0 Å². The number of nitrogens with zero attached hydrogens (tertiary/aromatic N) is 3. The van der Waals surface area contributed by atoms with Crippen molar-refractivity contribution >= 4 is 47.3 Å². The molecule has 4 heterocycles. The van der Waals surface area contributed by atoms with Gasteiger partial charge in [0.25, 0.3) is 0 Å². The Morgan fingerprint density at radius 3 is 0.978 bits per heavy atom. The number of carbonyl (C=O) groups is 8. The molecule has 0 unspecified atom stereocenters. The van der Waals surface area contributed by atoms with Gasteiger partial charge in [-0.3, -0.25) is 38.4 Å². The van der Waals surface area contributed by atoms with Gasteiger partial charge in [0.1, 0.15) is 42.2 Å². The summed E-state index contributed by atoms with van der Waals surface area (Å²) in [6, 6.07) is 0. The van der Waals surface area contributed by atoms with E-state index in [0.29, 0.717) is 116 Å². The fourth-order valence-corrected chi connectivity index (χ4v) is 13.0. The van der Waals surface area contributed by atoms with Crippen LogP contribution in [0.15, 0.2) is 6.20 Å². The molecule has 3 fully saturated rings. The second-order valence-corrected chi connectivity index (χ2v) is 31.6. The predicted molar refractivity (Wildman–Crippen MR) is 457 cm³/mol. The van der Waals surface area contributed by atoms with Gasteiger partial charge in [-0.2, -0.15) is 8.78 Å². The molecule has 3 aliphatic rings. The minimum atomic E-state index is -2.38. The van der Waals surface area contributed by atoms with Crippen LogP contribution in [0.5, 0.6) is 5.75 Å². The molecular weight excluding hydrogens is 1820 g/mol. The zero-order chi connectivity index (χ0) is 98.1. The zero-order valence-electron chi connectivity index (χ0n) is 76.5. The molecule has 0 spiro atoms. The van der Waals surface area contributed by atoms with Crippen molar-refractivity contribution in [3.05, 3.63) is 41.0 Å². The summed E-state index contributed by atoms with van der Waals surface area (Å²) in [5.74, 6) is -16.7. The standard InChI is InChI=1S/C85H141F5N10O35/c86-76-77(87)79(89)84(80(90)78(76)88)135-72(114)18-32-118-34-36-120-38-40-122-42-44-124-46-47-125-45-43-123-41-39-121-37-35-119-33-25-100-51-58(98-99-100)13-14-71(113)97-85(55-126-29-15-68(110)94-22-7-19-91-65(107)10-1-4-26-129-73-48-59(104)81(115)62(52-101)132-73,56-127-30-16-69(111)95-23-8-20-92-66(108)11-2-5-27-130-74-49-60(105)82(116)63(53-102)133-74)57-128-31-17-70(112)96-24-9-21-93-67(109)12-3-6-28-131-75-50-61(106)83(117)64(54-103)134-75/h51,59-64,73-75,81-83,101-106,115-117H,1-50,52-57H2,(H,91,107)(H,92,108)(H,93,109)(H,94,110)(H,95,111)(H,96,112)(H,97,113)/t59-,60-,61-,62-,63-,64-,73-,74-,75-,81-,82-,83-/m1/s1. The lowest BCUT2D eigenvalue weighted by Gasteiger charge is -2.36. The first-order valence-electron chi connectivity index (χ1n) is 45.8. The van der Waals surface area contributed by atoms with Gasteiger partial charge in [-0.05, 0) is 57.8 Å². The van der Waals surface area contributed by atoms with E-state index in [1.165, 1.54) is 0 Å². The second-order valence-electron chi connectivity index (χ2n) is 31.6. The van der Waals surface area contributed by atoms with Crippen LogP contribution >= 0.6 is 0 Å². The van der Waals surface area contributed by atoms with Gasteiger partial charge in [-0.25, -0.2) is 17.9 Å². The van der Waals surface area contributed by atoms with E-state index in [9.17, 15) is 106 Å². The Morgan fingerprint density at radius 2 is 0.652 bits per heavy atom. The first kappa shape index (κ1) is 118. The van der Waals surface area contributed by atoms with Gasteiger partial charge in [0.05, 0.1) is 202 Å². The Bertz CT molecular complexity index is 3380. The maximum atomic E-state index is 14.2. The third-order valence-corrected chi connectivity index (χ3v) is 20.5. The van der Waals surface area contributed by atoms with Crippen LogP contribution in [0.4, 0.5) is 22.0 Å². The van der Waals surface area contributed by atoms with Gasteiger partial charge in [0, 0.05) is 136 Å². The highest BCUT2D eigenvalue weighted by Crippen LogP contribution is 2.30. The molecule has 45 nitrogen and oxygen atoms in total. The van der Waals surface area contributed by atoms with E-state index in [0.717, 1.165) is 0 Å². The molecular formula is C85H141F5N10O35. The Balaban J connectivity index is 1.02. The molecule has 1 aromatic carbocycles. The molecule has 0 radical (unpaired) electrons. The average molecular weight is 1960 g/mol. The molecule has 16 N–H and O–H groups in total. The highest BCUT2D eigenvalue weighted by Gasteiger charge is 2.41. The molecule has 1 aromatic heterocycles. The van der Waals surface area contributed by atoms with Gasteiger partial charge in [0.15, 0.2) is 18.9 Å². The first-order valence-corrected chi connectivity index (χ1v) is 45.8. The largest absolute Gasteiger partial charge is 0.420 e. The maximum absolute atomic E-state index is 14.2. The topological polar surface area (TPSA) is 600 Å². The van der Waals surface area contributed by atoms with Crippen molar-refractivity contribution in [1.82, 2.24) is 52.2 Å². The lowest BCUT2D eigenvalue weighted by molar-refractivity contribution is -0.257. The Labute approximate surface area is 780 Å². The number of aromatic nitrogens is 3. The molecule has 2 aromatic rings. The molecule has 0 saturated carbocycles. The van der Waals surface area contributed by atoms with Gasteiger partial charge in [-0.15, -0.1) is 5.10 Å². The summed E-state index contributed by atoms with van der Waals surface area (Å²) in [5.41, 5.74) is -1.03. The van der Waals surface area contributed by atoms with Crippen molar-refractivity contribution in [2.24, 2.45) is 0 Å². The summed E-state index contributed by atoms with van der Waals surface area (Å²) in [4.78, 5) is 103. The summed E-state index contributed by atoms with van der Waals surface area (Å²) < 4.78 is 169. The van der Waals surface area contributed by atoms with Gasteiger partial charge >= 0.3 is 5.97 Å². The van der Waals surface area contributed by atoms with E-state index >= 15 is 0 Å². The van der Waals surface area contributed by atoms with Crippen LogP contribution in [0.3, 0.4) is 0 Å². The Morgan fingerprint density at radius 1 is 0.356 bits per heavy atom. The molecule has 5 rings (SSSR count). The number of aliphatic hydroxyl groups excluding tert-OH is 9. The Kier molecular flexibility index (Phi) is 63.1. The fraction of sp³-hybridized carbons (Fsp3) is 0.812. The van der Waals surface area contributed by atoms with Crippen LogP contribution in [0.1, 0.15) is 134 Å². The third-order valence-electron chi connectivity index (χ3n) is 20.5. The van der Waals surface area contributed by atoms with Crippen LogP contribution in [0, 0.1) is 29.1 Å². The number of halogens is 5. The molecule has 12 atom stereocenters. The van der Waals surface area contributed by atoms with Crippen LogP contribution < -0.4 is 42.0 Å². The SMILES string of the molecule is O=C(CCCCO[C@H]1C[C@@H](O)[C@@H](O)[C@@H](CO)O1)NCCCNC(=O)CCOCC(COCCC(=O)NCCCNC(=O)CCCCO[C@H]1C[C@@H](O)[C@@H](O)[C@@H](CO)O1)(COCCC(=O)NCCCNC(=O)CCCCO[C@H]1C[C@@H](O)[C@@H](O)[C@@H](CO)O1)NC(=O)CCc1cn(CCOCCOCCOCCOCCOCCOCCOCCOCCC(=O)Oc2c(F)c(F)c(F)c(F)c2F)nn1. The average Bonchev–Trinajstić information content (AvgIpc) is 1.21. The number of hydrogen-bond donors (Lipinski definition) is 16. The zero-order valence-corrected chi connectivity index (χ0v) is 76.5. The molecule has 135 heavy (non-hydrogen) atoms. The smallest absolute Gasteiger partial charge is 0.313 e. The van der Waals surface area contributed by atoms with E-state index in [2.05, 4.69) is 52.3 Å². The van der Waals surface area contributed by atoms with Crippen molar-refractivity contribution < 1.29 is 192 Å². The van der Waals surface area contributed by atoms with Gasteiger partial charge in [0.2, 0.25) is 76.2 Å². The lowest BCUT2D eigenvalue weighted by atomic mass is 10.0. The summed E-state index contributed by atoms with van der Waals surface area (Å²) in [7, 11) is 0. The number of hydrogen-bond acceptors (Lipinski definition) is 37. The van der Waals surface area contributed by atoms with Crippen LogP contribution in [-0.4, -0.2) is 412 Å². The van der Waals surface area contributed by atoms with Gasteiger partial charge in [-0.1, -0.05) is 5.21 Å². The highest BCUT2D eigenvalue weighted by molar-refractivity contribution is 5.79. The van der Waals surface area contributed by atoms with Crippen molar-refractivity contribution in [2.75, 3.05) is 224 Å². The quantitative estimate of drug-likeness (QED) is 0.00785. The predicted octanol–water partition coefficient (Wildman–Crippen LogP) is -2.97. The van der Waals surface area contributed by atoms with Crippen molar-refractivity contribution in [3.8, 4) is 5.75 Å². The summed E-state index contributed by atoms with van der Waals surface area (Å²) in [5, 5.41) is 116. The molecule has 7 amide bonds. The monoisotopic (exact) mass is 1960 g/mol. The number of aliphatic hydroxyl groups is 9. The van der Waals surface area contributed by atoms with E-state index in [-0.39, 0.29) is 264 Å². The number of rotatable bonds is 80. The van der Waals surface area contributed by atoms with Crippen molar-refractivity contribution in [2.45, 2.75) is 221 Å². The Hall–Kier alpha value is -7.27. The first-order chi connectivity index (χ1) is 65.2. The van der Waals surface area contributed by atoms with E-state index in [1.807, 2.05) is 0 Å². The molecule has 0 bridgehead atoms. The van der Waals surface area contributed by atoms with E-state index in [1.54, 1.807) is 10.9 Å². The van der Waals surface area contributed by atoms with Crippen LogP contribution in [-0.2, 0) is 132 Å². The fourth-order valence-electron chi connectivity index (χ4n) is 13.0. The number of amides is 7. The second kappa shape index (κ2) is 72.1. The normalized spacial score (nSPS) is 20.2. The number of aryl methyl sites for hydroxylation is 1. The highest BCUT2D eigenvalue weighted by atomic mass is 19.2. The minimum Gasteiger partial charge on any atom is -0.420 e. The molecule has 3 aliphatic heterocycles. The number of esters is 1. The third kappa shape index (κ3) is 52.0. The van der Waals surface area contributed by atoms with Crippen LogP contribution in [0.2, 0.25) is 0 Å². The van der Waals surface area contributed by atoms with E-state index in [4.69, 9.17) is 80.5 Å². The summed E-state index contributed by atoms with van der Waals surface area (Å²) in [6.45, 7) is 3.18. The van der Waals surface area contributed by atoms with E-state index < -0.39 is 152 Å². The number of carbonyl (C=O) groups excluding carboxylic acids is 8.